The van der Waals surface area contributed by atoms with Crippen LogP contribution >= 0.6 is 11.6 Å². The van der Waals surface area contributed by atoms with E-state index in [9.17, 15) is 22.8 Å². The Morgan fingerprint density at radius 3 is 2.34 bits per heavy atom. The standard InChI is InChI=1S/C22H22ClF3N4O2/c23-15-5-7-16(8-6-15)29-11-9-28(10-12-29)14-21(32)30-18-4-2-1-3-17(18)27-20(31)13-19(30)22(24,25)26/h1-8,19H,9-14H2,(H,27,31). The number of carbonyl (C=O) groups is 2. The minimum absolute atomic E-state index is 0.0606. The van der Waals surface area contributed by atoms with E-state index in [-0.39, 0.29) is 17.9 Å². The van der Waals surface area contributed by atoms with Crippen LogP contribution in [0.4, 0.5) is 30.2 Å². The van der Waals surface area contributed by atoms with Crippen LogP contribution in [-0.4, -0.2) is 61.7 Å². The van der Waals surface area contributed by atoms with Crippen molar-refractivity contribution in [2.24, 2.45) is 0 Å². The Labute approximate surface area is 188 Å². The Balaban J connectivity index is 1.50. The summed E-state index contributed by atoms with van der Waals surface area (Å²) < 4.78 is 41.5. The zero-order valence-corrected chi connectivity index (χ0v) is 17.9. The number of nitrogens with zero attached hydrogens (tertiary/aromatic N) is 3. The quantitative estimate of drug-likeness (QED) is 0.748. The fraction of sp³-hybridized carbons (Fsp3) is 0.364. The van der Waals surface area contributed by atoms with Crippen molar-refractivity contribution in [1.82, 2.24) is 4.90 Å². The number of benzene rings is 2. The Morgan fingerprint density at radius 2 is 1.69 bits per heavy atom. The van der Waals surface area contributed by atoms with Crippen molar-refractivity contribution in [3.8, 4) is 0 Å². The second kappa shape index (κ2) is 8.99. The maximum atomic E-state index is 13.8. The molecule has 0 spiro atoms. The molecule has 0 saturated carbocycles. The molecule has 4 rings (SSSR count). The van der Waals surface area contributed by atoms with Gasteiger partial charge >= 0.3 is 6.18 Å². The third-order valence-corrected chi connectivity index (χ3v) is 5.95. The van der Waals surface area contributed by atoms with Gasteiger partial charge in [0.15, 0.2) is 0 Å². The molecule has 1 N–H and O–H groups in total. The SMILES string of the molecule is O=C1CC(C(F)(F)F)N(C(=O)CN2CCN(c3ccc(Cl)cc3)CC2)c2ccccc2N1. The van der Waals surface area contributed by atoms with Crippen molar-refractivity contribution < 1.29 is 22.8 Å². The molecule has 0 bridgehead atoms. The zero-order chi connectivity index (χ0) is 22.9. The van der Waals surface area contributed by atoms with Gasteiger partial charge in [0.2, 0.25) is 11.8 Å². The molecule has 32 heavy (non-hydrogen) atoms. The van der Waals surface area contributed by atoms with Gasteiger partial charge in [-0.25, -0.2) is 0 Å². The zero-order valence-electron chi connectivity index (χ0n) is 17.1. The highest BCUT2D eigenvalue weighted by Crippen LogP contribution is 2.37. The summed E-state index contributed by atoms with van der Waals surface area (Å²) in [7, 11) is 0. The molecule has 2 aromatic carbocycles. The Hall–Kier alpha value is -2.78. The highest BCUT2D eigenvalue weighted by molar-refractivity contribution is 6.30. The van der Waals surface area contributed by atoms with Crippen LogP contribution in [0, 0.1) is 0 Å². The molecule has 1 saturated heterocycles. The molecule has 1 fully saturated rings. The van der Waals surface area contributed by atoms with Crippen LogP contribution in [0.1, 0.15) is 6.42 Å². The summed E-state index contributed by atoms with van der Waals surface area (Å²) >= 11 is 5.93. The van der Waals surface area contributed by atoms with Crippen LogP contribution in [0.2, 0.25) is 5.02 Å². The molecule has 2 aliphatic rings. The molecule has 2 amide bonds. The Morgan fingerprint density at radius 1 is 1.03 bits per heavy atom. The number of para-hydroxylation sites is 2. The largest absolute Gasteiger partial charge is 0.409 e. The first kappa shape index (κ1) is 22.4. The molecule has 1 unspecified atom stereocenters. The van der Waals surface area contributed by atoms with E-state index in [1.807, 2.05) is 17.0 Å². The number of nitrogens with one attached hydrogen (secondary N) is 1. The van der Waals surface area contributed by atoms with E-state index in [2.05, 4.69) is 10.2 Å². The van der Waals surface area contributed by atoms with Gasteiger partial charge in [0.25, 0.3) is 0 Å². The fourth-order valence-corrected chi connectivity index (χ4v) is 4.21. The molecule has 6 nitrogen and oxygen atoms in total. The summed E-state index contributed by atoms with van der Waals surface area (Å²) in [6.45, 7) is 2.15. The van der Waals surface area contributed by atoms with E-state index >= 15 is 0 Å². The number of hydrogen-bond donors (Lipinski definition) is 1. The molecule has 2 heterocycles. The second-order valence-electron chi connectivity index (χ2n) is 7.83. The molecule has 10 heteroatoms. The molecule has 170 valence electrons. The van der Waals surface area contributed by atoms with Gasteiger partial charge < -0.3 is 10.2 Å². The van der Waals surface area contributed by atoms with Gasteiger partial charge in [-0.2, -0.15) is 13.2 Å². The predicted octanol–water partition coefficient (Wildman–Crippen LogP) is 3.77. The summed E-state index contributed by atoms with van der Waals surface area (Å²) in [5.74, 6) is -1.46. The number of rotatable bonds is 3. The van der Waals surface area contributed by atoms with Crippen molar-refractivity contribution in [2.75, 3.05) is 47.8 Å². The highest BCUT2D eigenvalue weighted by atomic mass is 35.5. The number of piperazine rings is 1. The minimum Gasteiger partial charge on any atom is -0.369 e. The van der Waals surface area contributed by atoms with E-state index in [1.165, 1.54) is 12.1 Å². The third-order valence-electron chi connectivity index (χ3n) is 5.70. The lowest BCUT2D eigenvalue weighted by atomic mass is 10.1. The summed E-state index contributed by atoms with van der Waals surface area (Å²) in [4.78, 5) is 29.9. The summed E-state index contributed by atoms with van der Waals surface area (Å²) in [6, 6.07) is 11.3. The van der Waals surface area contributed by atoms with E-state index in [0.29, 0.717) is 31.2 Å². The smallest absolute Gasteiger partial charge is 0.369 e. The van der Waals surface area contributed by atoms with Gasteiger partial charge in [0.05, 0.1) is 24.3 Å². The van der Waals surface area contributed by atoms with E-state index < -0.39 is 30.5 Å². The van der Waals surface area contributed by atoms with Crippen LogP contribution < -0.4 is 15.1 Å². The lowest BCUT2D eigenvalue weighted by molar-refractivity contribution is -0.158. The maximum Gasteiger partial charge on any atom is 0.409 e. The number of amides is 2. The third kappa shape index (κ3) is 4.83. The topological polar surface area (TPSA) is 55.9 Å². The molecule has 2 aliphatic heterocycles. The van der Waals surface area contributed by atoms with Gasteiger partial charge in [0.1, 0.15) is 6.04 Å². The number of fused-ring (bicyclic) bond motifs is 1. The van der Waals surface area contributed by atoms with Crippen molar-refractivity contribution in [2.45, 2.75) is 18.6 Å². The molecular weight excluding hydrogens is 445 g/mol. The molecule has 0 aliphatic carbocycles. The first-order valence-electron chi connectivity index (χ1n) is 10.2. The average molecular weight is 467 g/mol. The van der Waals surface area contributed by atoms with Gasteiger partial charge in [0, 0.05) is 36.9 Å². The number of carbonyl (C=O) groups excluding carboxylic acids is 2. The van der Waals surface area contributed by atoms with Gasteiger partial charge in [-0.3, -0.25) is 19.4 Å². The number of alkyl halides is 3. The summed E-state index contributed by atoms with van der Waals surface area (Å²) in [5.41, 5.74) is 1.26. The molecule has 0 radical (unpaired) electrons. The average Bonchev–Trinajstić information content (AvgIpc) is 2.90. The predicted molar refractivity (Wildman–Crippen MR) is 117 cm³/mol. The van der Waals surface area contributed by atoms with Gasteiger partial charge in [-0.1, -0.05) is 23.7 Å². The van der Waals surface area contributed by atoms with Gasteiger partial charge in [-0.05, 0) is 36.4 Å². The van der Waals surface area contributed by atoms with Crippen molar-refractivity contribution in [3.63, 3.8) is 0 Å². The van der Waals surface area contributed by atoms with E-state index in [0.717, 1.165) is 10.6 Å². The first-order chi connectivity index (χ1) is 15.2. The molecule has 1 atom stereocenters. The maximum absolute atomic E-state index is 13.8. The van der Waals surface area contributed by atoms with Crippen LogP contribution in [-0.2, 0) is 9.59 Å². The number of hydrogen-bond acceptors (Lipinski definition) is 4. The monoisotopic (exact) mass is 466 g/mol. The van der Waals surface area contributed by atoms with Gasteiger partial charge in [-0.15, -0.1) is 0 Å². The van der Waals surface area contributed by atoms with E-state index in [1.54, 1.807) is 24.3 Å². The van der Waals surface area contributed by atoms with Crippen LogP contribution in [0.15, 0.2) is 48.5 Å². The Kier molecular flexibility index (Phi) is 6.30. The number of anilines is 3. The summed E-state index contributed by atoms with van der Waals surface area (Å²) in [6.07, 6.45) is -5.58. The normalized spacial score (nSPS) is 19.9. The lowest BCUT2D eigenvalue weighted by Crippen LogP contribution is -2.55. The van der Waals surface area contributed by atoms with Crippen molar-refractivity contribution in [1.29, 1.82) is 0 Å². The highest BCUT2D eigenvalue weighted by Gasteiger charge is 2.49. The molecule has 0 aromatic heterocycles. The van der Waals surface area contributed by atoms with Crippen LogP contribution in [0.3, 0.4) is 0 Å². The van der Waals surface area contributed by atoms with Crippen LogP contribution in [0.25, 0.3) is 0 Å². The lowest BCUT2D eigenvalue weighted by Gasteiger charge is -2.38. The fourth-order valence-electron chi connectivity index (χ4n) is 4.08. The first-order valence-corrected chi connectivity index (χ1v) is 10.6. The second-order valence-corrected chi connectivity index (χ2v) is 8.27. The van der Waals surface area contributed by atoms with E-state index in [4.69, 9.17) is 11.6 Å². The molecule has 2 aromatic rings. The number of halogens is 4. The Bertz CT molecular complexity index is 991. The minimum atomic E-state index is -4.74. The van der Waals surface area contributed by atoms with Crippen molar-refractivity contribution >= 4 is 40.5 Å². The van der Waals surface area contributed by atoms with Crippen molar-refractivity contribution in [3.05, 3.63) is 53.6 Å². The van der Waals surface area contributed by atoms with Crippen LogP contribution in [0.5, 0.6) is 0 Å². The molecular formula is C22H22ClF3N4O2. The summed E-state index contributed by atoms with van der Waals surface area (Å²) in [5, 5.41) is 3.12.